The molecule has 42 heavy (non-hydrogen) atoms. The molecule has 1 aromatic heterocycles. The standard InChI is InChI=1S/C36H34ClN3O2/c37-28-15-10-24(11-16-28)31-17-12-27(36(42)39-22-35(38)41)21-32(31)34-19-14-26-20-25(13-18-33(26)40-34)30-9-5-4-8-29(30)23-6-2-1-3-7-23/h4-5,8-21,23,29-30H,1-3,6-7,22H2,(H2,38,41)(H,39,42). The van der Waals surface area contributed by atoms with Gasteiger partial charge in [-0.3, -0.25) is 9.59 Å². The molecule has 1 heterocycles. The molecule has 0 aliphatic heterocycles. The summed E-state index contributed by atoms with van der Waals surface area (Å²) in [6.45, 7) is -0.225. The van der Waals surface area contributed by atoms with Crippen molar-refractivity contribution in [3.05, 3.63) is 113 Å². The Kier molecular flexibility index (Phi) is 8.20. The topological polar surface area (TPSA) is 85.1 Å². The molecule has 2 unspecified atom stereocenters. The van der Waals surface area contributed by atoms with Gasteiger partial charge < -0.3 is 11.1 Å². The van der Waals surface area contributed by atoms with Gasteiger partial charge in [0.05, 0.1) is 17.8 Å². The monoisotopic (exact) mass is 575 g/mol. The van der Waals surface area contributed by atoms with Crippen LogP contribution in [0.2, 0.25) is 5.02 Å². The summed E-state index contributed by atoms with van der Waals surface area (Å²) in [7, 11) is 0. The number of primary amides is 1. The van der Waals surface area contributed by atoms with Gasteiger partial charge >= 0.3 is 0 Å². The minimum absolute atomic E-state index is 0.225. The smallest absolute Gasteiger partial charge is 0.251 e. The van der Waals surface area contributed by atoms with E-state index in [1.54, 1.807) is 6.07 Å². The fourth-order valence-electron chi connectivity index (χ4n) is 6.48. The molecule has 212 valence electrons. The highest BCUT2D eigenvalue weighted by atomic mass is 35.5. The van der Waals surface area contributed by atoms with Crippen molar-refractivity contribution in [1.29, 1.82) is 0 Å². The normalized spacial score (nSPS) is 18.7. The van der Waals surface area contributed by atoms with E-state index < -0.39 is 5.91 Å². The summed E-state index contributed by atoms with van der Waals surface area (Å²) in [5, 5.41) is 4.31. The van der Waals surface area contributed by atoms with Gasteiger partial charge in [-0.15, -0.1) is 0 Å². The highest BCUT2D eigenvalue weighted by Crippen LogP contribution is 2.42. The Balaban J connectivity index is 1.36. The van der Waals surface area contributed by atoms with Crippen LogP contribution in [-0.4, -0.2) is 23.3 Å². The second-order valence-electron chi connectivity index (χ2n) is 11.3. The number of carbonyl (C=O) groups is 2. The van der Waals surface area contributed by atoms with Crippen molar-refractivity contribution in [3.8, 4) is 22.4 Å². The zero-order chi connectivity index (χ0) is 29.1. The predicted molar refractivity (Wildman–Crippen MR) is 170 cm³/mol. The molecular formula is C36H34ClN3O2. The summed E-state index contributed by atoms with van der Waals surface area (Å²) in [5.41, 5.74) is 11.3. The number of hydrogen-bond acceptors (Lipinski definition) is 3. The third kappa shape index (κ3) is 6.02. The highest BCUT2D eigenvalue weighted by molar-refractivity contribution is 6.30. The average molecular weight is 576 g/mol. The van der Waals surface area contributed by atoms with Gasteiger partial charge in [-0.25, -0.2) is 4.98 Å². The lowest BCUT2D eigenvalue weighted by molar-refractivity contribution is -0.117. The molecule has 1 fully saturated rings. The number of halogens is 1. The van der Waals surface area contributed by atoms with Crippen LogP contribution in [0.3, 0.4) is 0 Å². The van der Waals surface area contributed by atoms with Crippen LogP contribution in [-0.2, 0) is 4.79 Å². The van der Waals surface area contributed by atoms with E-state index in [0.29, 0.717) is 22.4 Å². The molecule has 0 saturated heterocycles. The van der Waals surface area contributed by atoms with Gasteiger partial charge in [0.2, 0.25) is 5.91 Å². The second-order valence-corrected chi connectivity index (χ2v) is 11.8. The highest BCUT2D eigenvalue weighted by Gasteiger charge is 2.29. The summed E-state index contributed by atoms with van der Waals surface area (Å²) >= 11 is 6.16. The molecule has 0 radical (unpaired) electrons. The lowest BCUT2D eigenvalue weighted by atomic mass is 9.70. The van der Waals surface area contributed by atoms with E-state index in [2.05, 4.69) is 53.9 Å². The Hall–Kier alpha value is -4.22. The Morgan fingerprint density at radius 2 is 1.64 bits per heavy atom. The van der Waals surface area contributed by atoms with Crippen molar-refractivity contribution in [2.24, 2.45) is 17.6 Å². The number of rotatable bonds is 7. The molecule has 0 bridgehead atoms. The zero-order valence-electron chi connectivity index (χ0n) is 23.4. The van der Waals surface area contributed by atoms with Crippen LogP contribution in [0.4, 0.5) is 0 Å². The first kappa shape index (κ1) is 27.9. The number of nitrogens with one attached hydrogen (secondary N) is 1. The van der Waals surface area contributed by atoms with Crippen LogP contribution in [0.5, 0.6) is 0 Å². The fourth-order valence-corrected chi connectivity index (χ4v) is 6.60. The zero-order valence-corrected chi connectivity index (χ0v) is 24.2. The molecule has 3 aromatic carbocycles. The molecule has 2 atom stereocenters. The van der Waals surface area contributed by atoms with Crippen molar-refractivity contribution >= 4 is 34.3 Å². The Labute approximate surface area is 251 Å². The summed E-state index contributed by atoms with van der Waals surface area (Å²) < 4.78 is 0. The van der Waals surface area contributed by atoms with Gasteiger partial charge in [-0.05, 0) is 83.8 Å². The summed E-state index contributed by atoms with van der Waals surface area (Å²) in [5.74, 6) is 0.673. The quantitative estimate of drug-likeness (QED) is 0.235. The maximum Gasteiger partial charge on any atom is 0.251 e. The molecule has 2 amide bonds. The number of fused-ring (bicyclic) bond motifs is 1. The first-order valence-corrected chi connectivity index (χ1v) is 15.1. The van der Waals surface area contributed by atoms with E-state index >= 15 is 0 Å². The van der Waals surface area contributed by atoms with E-state index in [0.717, 1.165) is 39.2 Å². The van der Waals surface area contributed by atoms with Crippen molar-refractivity contribution in [1.82, 2.24) is 10.3 Å². The van der Waals surface area contributed by atoms with Crippen molar-refractivity contribution < 1.29 is 9.59 Å². The summed E-state index contributed by atoms with van der Waals surface area (Å²) in [6, 6.07) is 23.8. The third-order valence-electron chi connectivity index (χ3n) is 8.61. The number of pyridine rings is 1. The molecule has 4 aromatic rings. The predicted octanol–water partition coefficient (Wildman–Crippen LogP) is 7.84. The summed E-state index contributed by atoms with van der Waals surface area (Å²) in [4.78, 5) is 29.1. The first-order chi connectivity index (χ1) is 20.5. The molecule has 6 heteroatoms. The van der Waals surface area contributed by atoms with Crippen LogP contribution < -0.4 is 11.1 Å². The molecule has 6 rings (SSSR count). The molecule has 0 spiro atoms. The second kappa shape index (κ2) is 12.3. The van der Waals surface area contributed by atoms with Crippen LogP contribution in [0, 0.1) is 11.8 Å². The van der Waals surface area contributed by atoms with Crippen molar-refractivity contribution in [2.75, 3.05) is 6.54 Å². The maximum absolute atomic E-state index is 12.8. The van der Waals surface area contributed by atoms with Crippen LogP contribution >= 0.6 is 11.6 Å². The third-order valence-corrected chi connectivity index (χ3v) is 8.86. The molecular weight excluding hydrogens is 542 g/mol. The van der Waals surface area contributed by atoms with Crippen LogP contribution in [0.25, 0.3) is 33.3 Å². The Bertz CT molecular complexity index is 1690. The largest absolute Gasteiger partial charge is 0.368 e. The van der Waals surface area contributed by atoms with E-state index in [-0.39, 0.29) is 12.5 Å². The Morgan fingerprint density at radius 3 is 2.43 bits per heavy atom. The Morgan fingerprint density at radius 1 is 0.857 bits per heavy atom. The van der Waals surface area contributed by atoms with Gasteiger partial charge in [0, 0.05) is 27.5 Å². The van der Waals surface area contributed by atoms with Crippen LogP contribution in [0.15, 0.2) is 97.1 Å². The fraction of sp³-hybridized carbons (Fsp3) is 0.250. The number of nitrogens with zero attached hydrogens (tertiary/aromatic N) is 1. The minimum atomic E-state index is -0.596. The lowest BCUT2D eigenvalue weighted by Crippen LogP contribution is -2.33. The molecule has 1 saturated carbocycles. The number of benzene rings is 3. The lowest BCUT2D eigenvalue weighted by Gasteiger charge is -2.34. The number of amides is 2. The van der Waals surface area contributed by atoms with E-state index in [4.69, 9.17) is 22.3 Å². The van der Waals surface area contributed by atoms with Gasteiger partial charge in [0.25, 0.3) is 5.91 Å². The van der Waals surface area contributed by atoms with Gasteiger partial charge in [-0.2, -0.15) is 0 Å². The number of hydrogen-bond donors (Lipinski definition) is 2. The van der Waals surface area contributed by atoms with E-state index in [1.165, 1.54) is 37.7 Å². The van der Waals surface area contributed by atoms with Gasteiger partial charge in [0.15, 0.2) is 0 Å². The van der Waals surface area contributed by atoms with E-state index in [1.807, 2.05) is 42.5 Å². The van der Waals surface area contributed by atoms with Gasteiger partial charge in [-0.1, -0.05) is 85.5 Å². The maximum atomic E-state index is 12.8. The molecule has 2 aliphatic rings. The SMILES string of the molecule is NC(=O)CNC(=O)c1ccc(-c2ccc(Cl)cc2)c(-c2ccc3cc(C4C=CC=CC4C4CCCCC4)ccc3n2)c1. The van der Waals surface area contributed by atoms with Crippen molar-refractivity contribution in [3.63, 3.8) is 0 Å². The number of aromatic nitrogens is 1. The first-order valence-electron chi connectivity index (χ1n) is 14.7. The minimum Gasteiger partial charge on any atom is -0.368 e. The molecule has 5 nitrogen and oxygen atoms in total. The van der Waals surface area contributed by atoms with Crippen LogP contribution in [0.1, 0.15) is 53.9 Å². The number of nitrogens with two attached hydrogens (primary N) is 1. The van der Waals surface area contributed by atoms with Gasteiger partial charge in [0.1, 0.15) is 0 Å². The van der Waals surface area contributed by atoms with E-state index in [9.17, 15) is 9.59 Å². The number of carbonyl (C=O) groups excluding carboxylic acids is 2. The molecule has 3 N–H and O–H groups in total. The molecule has 2 aliphatic carbocycles. The number of allylic oxidation sites excluding steroid dienone is 4. The van der Waals surface area contributed by atoms with Crippen molar-refractivity contribution in [2.45, 2.75) is 38.0 Å². The average Bonchev–Trinajstić information content (AvgIpc) is 3.03. The summed E-state index contributed by atoms with van der Waals surface area (Å²) in [6.07, 6.45) is 15.8.